The molecule has 4 aromatic rings. The molecule has 0 saturated carbocycles. The molecule has 0 aliphatic heterocycles. The number of pyridine rings is 1. The summed E-state index contributed by atoms with van der Waals surface area (Å²) in [5, 5.41) is 10.5. The first kappa shape index (κ1) is 15.9. The Bertz CT molecular complexity index is 1130. The molecule has 0 radical (unpaired) electrons. The number of aromatic hydroxyl groups is 1. The van der Waals surface area contributed by atoms with Gasteiger partial charge < -0.3 is 10.8 Å². The van der Waals surface area contributed by atoms with Gasteiger partial charge in [0.15, 0.2) is 5.82 Å². The SMILES string of the molecule is Nc1nc(-c2ccc(F)cc2)c(-c2cc(F)c3ncccc3c2)nc1O. The summed E-state index contributed by atoms with van der Waals surface area (Å²) in [6.07, 6.45) is 1.50. The van der Waals surface area contributed by atoms with Gasteiger partial charge >= 0.3 is 0 Å². The van der Waals surface area contributed by atoms with E-state index >= 15 is 0 Å². The molecule has 0 unspecified atom stereocenters. The summed E-state index contributed by atoms with van der Waals surface area (Å²) in [4.78, 5) is 12.3. The fourth-order valence-electron chi connectivity index (χ4n) is 2.73. The lowest BCUT2D eigenvalue weighted by Gasteiger charge is -2.11. The van der Waals surface area contributed by atoms with Crippen LogP contribution in [0.2, 0.25) is 0 Å². The molecule has 26 heavy (non-hydrogen) atoms. The lowest BCUT2D eigenvalue weighted by Crippen LogP contribution is -2.00. The second-order valence-electron chi connectivity index (χ2n) is 5.67. The third-order valence-corrected chi connectivity index (χ3v) is 3.95. The summed E-state index contributed by atoms with van der Waals surface area (Å²) >= 11 is 0. The predicted octanol–water partition coefficient (Wildman–Crippen LogP) is 3.92. The molecule has 0 aliphatic carbocycles. The minimum absolute atomic E-state index is 0.170. The van der Waals surface area contributed by atoms with E-state index in [1.807, 2.05) is 0 Å². The zero-order valence-corrected chi connectivity index (χ0v) is 13.3. The fraction of sp³-hybridized carbons (Fsp3) is 0. The maximum absolute atomic E-state index is 14.5. The number of halogens is 2. The third-order valence-electron chi connectivity index (χ3n) is 3.95. The van der Waals surface area contributed by atoms with Crippen LogP contribution < -0.4 is 5.73 Å². The first-order chi connectivity index (χ1) is 12.5. The van der Waals surface area contributed by atoms with Gasteiger partial charge in [-0.1, -0.05) is 6.07 Å². The van der Waals surface area contributed by atoms with E-state index in [1.165, 1.54) is 36.5 Å². The topological polar surface area (TPSA) is 84.9 Å². The van der Waals surface area contributed by atoms with Crippen molar-refractivity contribution in [3.63, 3.8) is 0 Å². The van der Waals surface area contributed by atoms with E-state index in [0.717, 1.165) is 0 Å². The molecule has 2 heterocycles. The second-order valence-corrected chi connectivity index (χ2v) is 5.67. The Labute approximate surface area is 146 Å². The maximum atomic E-state index is 14.5. The van der Waals surface area contributed by atoms with Gasteiger partial charge in [0.25, 0.3) is 5.88 Å². The van der Waals surface area contributed by atoms with Crippen molar-refractivity contribution in [2.45, 2.75) is 0 Å². The number of nitrogens with zero attached hydrogens (tertiary/aromatic N) is 3. The molecule has 3 N–H and O–H groups in total. The molecule has 4 rings (SSSR count). The maximum Gasteiger partial charge on any atom is 0.255 e. The van der Waals surface area contributed by atoms with Crippen molar-refractivity contribution in [3.05, 3.63) is 66.4 Å². The average molecular weight is 350 g/mol. The molecular formula is C19H12F2N4O. The van der Waals surface area contributed by atoms with E-state index in [9.17, 15) is 13.9 Å². The van der Waals surface area contributed by atoms with E-state index in [2.05, 4.69) is 15.0 Å². The smallest absolute Gasteiger partial charge is 0.255 e. The van der Waals surface area contributed by atoms with Crippen LogP contribution in [0.15, 0.2) is 54.7 Å². The van der Waals surface area contributed by atoms with Crippen molar-refractivity contribution < 1.29 is 13.9 Å². The predicted molar refractivity (Wildman–Crippen MR) is 94.2 cm³/mol. The summed E-state index contributed by atoms with van der Waals surface area (Å²) in [7, 11) is 0. The number of anilines is 1. The Hall–Kier alpha value is -3.61. The van der Waals surface area contributed by atoms with Crippen molar-refractivity contribution in [2.75, 3.05) is 5.73 Å². The van der Waals surface area contributed by atoms with Gasteiger partial charge in [0, 0.05) is 22.7 Å². The number of nitrogen functional groups attached to an aromatic ring is 1. The molecule has 0 spiro atoms. The lowest BCUT2D eigenvalue weighted by molar-refractivity contribution is 0.455. The van der Waals surface area contributed by atoms with Crippen LogP contribution in [-0.4, -0.2) is 20.1 Å². The molecule has 2 aromatic carbocycles. The normalized spacial score (nSPS) is 11.0. The average Bonchev–Trinajstić information content (AvgIpc) is 2.64. The van der Waals surface area contributed by atoms with Crippen LogP contribution in [-0.2, 0) is 0 Å². The summed E-state index contributed by atoms with van der Waals surface area (Å²) < 4.78 is 27.7. The summed E-state index contributed by atoms with van der Waals surface area (Å²) in [5.41, 5.74) is 7.37. The number of benzene rings is 2. The van der Waals surface area contributed by atoms with Crippen molar-refractivity contribution >= 4 is 16.7 Å². The van der Waals surface area contributed by atoms with E-state index < -0.39 is 17.5 Å². The molecule has 2 aromatic heterocycles. The number of nitrogens with two attached hydrogens (primary N) is 1. The zero-order chi connectivity index (χ0) is 18.3. The van der Waals surface area contributed by atoms with Crippen LogP contribution in [0.5, 0.6) is 5.88 Å². The Balaban J connectivity index is 1.99. The third kappa shape index (κ3) is 2.69. The Morgan fingerprint density at radius 1 is 0.885 bits per heavy atom. The van der Waals surface area contributed by atoms with Gasteiger partial charge in [0.05, 0.1) is 5.69 Å². The Morgan fingerprint density at radius 3 is 2.38 bits per heavy atom. The van der Waals surface area contributed by atoms with Gasteiger partial charge in [0.2, 0.25) is 0 Å². The van der Waals surface area contributed by atoms with Gasteiger partial charge in [0.1, 0.15) is 22.8 Å². The summed E-state index contributed by atoms with van der Waals surface area (Å²) in [6, 6.07) is 11.9. The number of fused-ring (bicyclic) bond motifs is 1. The van der Waals surface area contributed by atoms with E-state index in [4.69, 9.17) is 5.73 Å². The first-order valence-electron chi connectivity index (χ1n) is 7.70. The van der Waals surface area contributed by atoms with Crippen LogP contribution in [0.1, 0.15) is 0 Å². The molecule has 7 heteroatoms. The van der Waals surface area contributed by atoms with Gasteiger partial charge in [-0.2, -0.15) is 0 Å². The van der Waals surface area contributed by atoms with Crippen LogP contribution in [0, 0.1) is 11.6 Å². The van der Waals surface area contributed by atoms with E-state index in [1.54, 1.807) is 18.2 Å². The minimum Gasteiger partial charge on any atom is -0.491 e. The number of hydrogen-bond acceptors (Lipinski definition) is 5. The summed E-state index contributed by atoms with van der Waals surface area (Å²) in [6.45, 7) is 0. The fourth-order valence-corrected chi connectivity index (χ4v) is 2.73. The van der Waals surface area contributed by atoms with E-state index in [0.29, 0.717) is 22.2 Å². The van der Waals surface area contributed by atoms with Gasteiger partial charge in [-0.3, -0.25) is 4.98 Å². The molecule has 5 nitrogen and oxygen atoms in total. The molecule has 0 saturated heterocycles. The standard InChI is InChI=1S/C19H12F2N4O/c20-13-5-3-10(4-6-13)16-17(25-19(26)18(22)24-16)12-8-11-2-1-7-23-15(11)14(21)9-12/h1-9H,(H2,22,24)(H,25,26). The van der Waals surface area contributed by atoms with Crippen LogP contribution in [0.25, 0.3) is 33.4 Å². The van der Waals surface area contributed by atoms with Crippen molar-refractivity contribution in [3.8, 4) is 28.4 Å². The minimum atomic E-state index is -0.527. The molecule has 0 fully saturated rings. The molecule has 128 valence electrons. The van der Waals surface area contributed by atoms with Gasteiger partial charge in [-0.05, 0) is 42.5 Å². The number of rotatable bonds is 2. The Kier molecular flexibility index (Phi) is 3.69. The largest absolute Gasteiger partial charge is 0.491 e. The zero-order valence-electron chi connectivity index (χ0n) is 13.3. The molecular weight excluding hydrogens is 338 g/mol. The first-order valence-corrected chi connectivity index (χ1v) is 7.70. The van der Waals surface area contributed by atoms with Gasteiger partial charge in [-0.15, -0.1) is 0 Å². The highest BCUT2D eigenvalue weighted by molar-refractivity contribution is 5.88. The van der Waals surface area contributed by atoms with Crippen LogP contribution in [0.4, 0.5) is 14.6 Å². The van der Waals surface area contributed by atoms with Crippen LogP contribution in [0.3, 0.4) is 0 Å². The molecule has 0 atom stereocenters. The number of aromatic nitrogens is 3. The molecule has 0 amide bonds. The Morgan fingerprint density at radius 2 is 1.62 bits per heavy atom. The number of hydrogen-bond donors (Lipinski definition) is 2. The highest BCUT2D eigenvalue weighted by Crippen LogP contribution is 2.34. The second kappa shape index (κ2) is 6.03. The van der Waals surface area contributed by atoms with Crippen molar-refractivity contribution in [1.82, 2.24) is 15.0 Å². The highest BCUT2D eigenvalue weighted by Gasteiger charge is 2.17. The van der Waals surface area contributed by atoms with Crippen molar-refractivity contribution in [1.29, 1.82) is 0 Å². The van der Waals surface area contributed by atoms with Gasteiger partial charge in [-0.25, -0.2) is 18.7 Å². The van der Waals surface area contributed by atoms with E-state index in [-0.39, 0.29) is 17.0 Å². The van der Waals surface area contributed by atoms with Crippen molar-refractivity contribution in [2.24, 2.45) is 0 Å². The quantitative estimate of drug-likeness (QED) is 0.572. The summed E-state index contributed by atoms with van der Waals surface area (Å²) in [5.74, 6) is -1.56. The lowest BCUT2D eigenvalue weighted by atomic mass is 10.0. The highest BCUT2D eigenvalue weighted by atomic mass is 19.1. The molecule has 0 aliphatic rings. The monoisotopic (exact) mass is 350 g/mol. The van der Waals surface area contributed by atoms with Crippen LogP contribution >= 0.6 is 0 Å². The molecule has 0 bridgehead atoms.